The molecule has 0 bridgehead atoms. The highest BCUT2D eigenvalue weighted by atomic mass is 32.1. The molecule has 2 aliphatic rings. The summed E-state index contributed by atoms with van der Waals surface area (Å²) in [7, 11) is 0. The summed E-state index contributed by atoms with van der Waals surface area (Å²) in [6, 6.07) is -6.49. The number of aliphatic hydroxyl groups is 8. The van der Waals surface area contributed by atoms with Gasteiger partial charge in [-0.25, -0.2) is 29.7 Å². The molecule has 24 N–H and O–H groups in total. The third-order valence-electron chi connectivity index (χ3n) is 14.0. The highest BCUT2D eigenvalue weighted by Crippen LogP contribution is 2.34. The number of carbonyl (C=O) groups is 8. The Morgan fingerprint density at radius 2 is 1.46 bits per heavy atom. The van der Waals surface area contributed by atoms with E-state index in [0.29, 0.717) is 15.7 Å². The average molecular weight is 1300 g/mol. The second kappa shape index (κ2) is 31.8. The Kier molecular flexibility index (Phi) is 25.3. The van der Waals surface area contributed by atoms with Gasteiger partial charge in [0.2, 0.25) is 29.5 Å². The largest absolute Gasteiger partial charge is 0.441 e. The fourth-order valence-electron chi connectivity index (χ4n) is 9.09. The van der Waals surface area contributed by atoms with Crippen LogP contribution in [0.2, 0.25) is 0 Å². The van der Waals surface area contributed by atoms with Gasteiger partial charge in [0.25, 0.3) is 11.8 Å². The van der Waals surface area contributed by atoms with Crippen LogP contribution in [0.3, 0.4) is 0 Å². The zero-order valence-electron chi connectivity index (χ0n) is 47.9. The minimum absolute atomic E-state index is 0.0104. The minimum atomic E-state index is -2.18. The molecule has 490 valence electrons. The van der Waals surface area contributed by atoms with Crippen LogP contribution in [0.1, 0.15) is 82.5 Å². The monoisotopic (exact) mass is 1300 g/mol. The molecule has 4 aromatic heterocycles. The molecular weight excluding hydrogens is 1220 g/mol. The van der Waals surface area contributed by atoms with Crippen LogP contribution in [0.25, 0.3) is 10.7 Å². The Balaban J connectivity index is 1.29. The highest BCUT2D eigenvalue weighted by molar-refractivity contribution is 7.14. The van der Waals surface area contributed by atoms with E-state index in [1.165, 1.54) is 44.4 Å². The first-order valence-corrected chi connectivity index (χ1v) is 29.0. The van der Waals surface area contributed by atoms with Gasteiger partial charge in [0, 0.05) is 42.4 Å². The number of imidazole rings is 1. The van der Waals surface area contributed by atoms with E-state index in [0.717, 1.165) is 29.9 Å². The third-order valence-corrected chi connectivity index (χ3v) is 15.7. The van der Waals surface area contributed by atoms with Crippen molar-refractivity contribution in [3.05, 3.63) is 63.0 Å². The molecule has 8 amide bonds. The number of hydrogen-bond donors (Lipinski definition) is 19. The molecule has 37 nitrogen and oxygen atoms in total. The van der Waals surface area contributed by atoms with Crippen molar-refractivity contribution in [2.24, 2.45) is 34.6 Å². The highest BCUT2D eigenvalue weighted by Gasteiger charge is 2.54. The molecule has 0 saturated carbocycles. The van der Waals surface area contributed by atoms with Crippen molar-refractivity contribution in [2.45, 2.75) is 150 Å². The number of H-pyrrole nitrogens is 1. The number of thiazole rings is 2. The standard InChI is InChI=1S/C50H72N16O21S2/c1-16-7-22(63-42(60-16)21(8-28(52)70)58-9-20(51)40(53)76)44(79)66-31(37(23-10-56-15-59-23)85-49-39(35(74)33(72)26(11-67)84-49)86-48-36(75)38(87-50(55)82)34(73)27(12-68)83-48)46(81)61-18(3)32(71)17(2)43(78)65-30(19(4)69)45(80)57-6-5-29-62-25(14-88-29)47-64-24(13-89-47)41(54)77/h7,10,13-15,17-21,26-27,30-39,48-49,58,67-69,71-75H,5-6,8-9,11-12,51H2,1-4H3,(H2,52,70)(H2,53,76)(H2,54,77)(H2,55,82)(H,56,59)(H,57,80)(H,61,81)(H,65,78)(H,66,79)/t17-,18+,19+,20-,21-,26-,27+,30-,31-,32-,33+,34+,35-,36-,37-,38-,39-,48+,49-/m0/s1. The van der Waals surface area contributed by atoms with Crippen molar-refractivity contribution in [2.75, 3.05) is 26.3 Å². The van der Waals surface area contributed by atoms with Gasteiger partial charge in [-0.2, -0.15) is 0 Å². The number of aromatic amines is 1. The molecule has 0 unspecified atom stereocenters. The number of carbonyl (C=O) groups excluding carboxylic acids is 8. The van der Waals surface area contributed by atoms with Crippen molar-refractivity contribution >= 4 is 70.1 Å². The fourth-order valence-corrected chi connectivity index (χ4v) is 10.7. The molecule has 4 aromatic rings. The van der Waals surface area contributed by atoms with Gasteiger partial charge >= 0.3 is 6.09 Å². The van der Waals surface area contributed by atoms with Crippen molar-refractivity contribution < 1.29 is 103 Å². The van der Waals surface area contributed by atoms with Gasteiger partial charge in [-0.1, -0.05) is 6.92 Å². The van der Waals surface area contributed by atoms with Crippen LogP contribution in [0.4, 0.5) is 4.79 Å². The summed E-state index contributed by atoms with van der Waals surface area (Å²) in [5, 5.41) is 105. The number of aliphatic hydroxyl groups excluding tert-OH is 8. The Morgan fingerprint density at radius 1 is 0.775 bits per heavy atom. The van der Waals surface area contributed by atoms with Gasteiger partial charge in [-0.3, -0.25) is 33.6 Å². The SMILES string of the molecule is Cc1cc(C(=O)N[C@H](C(=O)N[C@H](C)[C@@H](O)[C@H](C)C(=O)N[C@H](C(=O)NCCc2nc(-c3nc(C(N)=O)cs3)cs2)[C@@H](C)O)[C@@H](O[C@@H]2O[C@@H](CO)[C@@H](O)[C@H](O)[C@@H]2O[C@H]2O[C@H](CO)[C@@H](O)[C@H](OC(N)=O)[C@@H]2O)c2cnc[nH]2)nc([C@H](CC(N)=O)NC[C@H](N)C(N)=O)n1. The average Bonchev–Trinajstić information content (AvgIpc) is 2.53. The predicted octanol–water partition coefficient (Wildman–Crippen LogP) is -8.18. The van der Waals surface area contributed by atoms with E-state index < -0.39 is 189 Å². The van der Waals surface area contributed by atoms with Gasteiger partial charge < -0.3 is 125 Å². The number of hydrogen-bond acceptors (Lipinski definition) is 30. The van der Waals surface area contributed by atoms with E-state index in [4.69, 9.17) is 52.4 Å². The first kappa shape index (κ1) is 70.6. The Labute approximate surface area is 512 Å². The minimum Gasteiger partial charge on any atom is -0.441 e. The summed E-state index contributed by atoms with van der Waals surface area (Å²) in [5.74, 6) is -8.46. The second-order valence-electron chi connectivity index (χ2n) is 20.7. The Morgan fingerprint density at radius 3 is 2.07 bits per heavy atom. The number of aryl methyl sites for hydroxylation is 1. The van der Waals surface area contributed by atoms with Crippen LogP contribution < -0.4 is 55.3 Å². The maximum absolute atomic E-state index is 15.1. The van der Waals surface area contributed by atoms with E-state index in [-0.39, 0.29) is 42.4 Å². The molecule has 6 heterocycles. The van der Waals surface area contributed by atoms with Gasteiger partial charge in [0.1, 0.15) is 88.8 Å². The first-order chi connectivity index (χ1) is 42.0. The summed E-state index contributed by atoms with van der Waals surface area (Å²) in [6.45, 7) is 2.83. The molecule has 89 heavy (non-hydrogen) atoms. The molecule has 2 saturated heterocycles. The summed E-state index contributed by atoms with van der Waals surface area (Å²) in [6.07, 6.45) is -24.8. The number of ether oxygens (including phenoxy) is 5. The first-order valence-electron chi connectivity index (χ1n) is 27.2. The zero-order chi connectivity index (χ0) is 65.7. The molecular formula is C50H72N16O21S2. The maximum Gasteiger partial charge on any atom is 0.404 e. The predicted molar refractivity (Wildman–Crippen MR) is 302 cm³/mol. The second-order valence-corrected chi connectivity index (χ2v) is 22.5. The third kappa shape index (κ3) is 18.4. The van der Waals surface area contributed by atoms with E-state index in [1.807, 2.05) is 0 Å². The van der Waals surface area contributed by atoms with Crippen molar-refractivity contribution in [1.29, 1.82) is 0 Å². The van der Waals surface area contributed by atoms with Crippen LogP contribution in [0.5, 0.6) is 0 Å². The van der Waals surface area contributed by atoms with E-state index in [1.54, 1.807) is 5.38 Å². The Hall–Kier alpha value is -7.45. The van der Waals surface area contributed by atoms with Crippen LogP contribution in [0, 0.1) is 12.8 Å². The smallest absolute Gasteiger partial charge is 0.404 e. The molecule has 0 spiro atoms. The number of nitrogens with one attached hydrogen (secondary N) is 6. The normalized spacial score (nSPS) is 24.9. The summed E-state index contributed by atoms with van der Waals surface area (Å²) in [4.78, 5) is 128. The van der Waals surface area contributed by atoms with Gasteiger partial charge in [-0.05, 0) is 26.8 Å². The van der Waals surface area contributed by atoms with Crippen molar-refractivity contribution in [3.8, 4) is 10.7 Å². The summed E-state index contributed by atoms with van der Waals surface area (Å²) >= 11 is 2.41. The van der Waals surface area contributed by atoms with Gasteiger partial charge in [-0.15, -0.1) is 22.7 Å². The summed E-state index contributed by atoms with van der Waals surface area (Å²) in [5.41, 5.74) is 27.1. The molecule has 19 atom stereocenters. The van der Waals surface area contributed by atoms with Crippen molar-refractivity contribution in [3.63, 3.8) is 0 Å². The van der Waals surface area contributed by atoms with Crippen molar-refractivity contribution in [1.82, 2.24) is 56.5 Å². The molecule has 0 aliphatic carbocycles. The zero-order valence-corrected chi connectivity index (χ0v) is 49.6. The topological polar surface area (TPSA) is 615 Å². The van der Waals surface area contributed by atoms with Gasteiger partial charge in [0.05, 0.1) is 72.7 Å². The fraction of sp³-hybridized carbons (Fsp3) is 0.580. The molecule has 6 rings (SSSR count). The van der Waals surface area contributed by atoms with Crippen LogP contribution in [-0.4, -0.2) is 242 Å². The molecule has 2 fully saturated rings. The van der Waals surface area contributed by atoms with Crippen LogP contribution in [-0.2, 0) is 54.1 Å². The maximum atomic E-state index is 15.1. The molecule has 2 aliphatic heterocycles. The lowest BCUT2D eigenvalue weighted by Crippen LogP contribution is -2.65. The molecule has 39 heteroatoms. The van der Waals surface area contributed by atoms with Crippen LogP contribution in [0.15, 0.2) is 29.4 Å². The number of nitrogens with zero attached hydrogens (tertiary/aromatic N) is 5. The molecule has 0 aromatic carbocycles. The number of primary amides is 4. The number of aromatic nitrogens is 6. The number of nitrogens with two attached hydrogens (primary N) is 5. The van der Waals surface area contributed by atoms with E-state index in [9.17, 15) is 74.4 Å². The quantitative estimate of drug-likeness (QED) is 0.0222. The lowest BCUT2D eigenvalue weighted by molar-refractivity contribution is -0.372. The summed E-state index contributed by atoms with van der Waals surface area (Å²) < 4.78 is 28.6. The number of rotatable bonds is 31. The lowest BCUT2D eigenvalue weighted by Gasteiger charge is -2.47. The Bertz CT molecular complexity index is 3090. The van der Waals surface area contributed by atoms with Crippen LogP contribution >= 0.6 is 22.7 Å². The lowest BCUT2D eigenvalue weighted by atomic mass is 9.96. The number of amides is 8. The van der Waals surface area contributed by atoms with E-state index >= 15 is 4.79 Å². The van der Waals surface area contributed by atoms with Gasteiger partial charge in [0.15, 0.2) is 18.7 Å². The van der Waals surface area contributed by atoms with E-state index in [2.05, 4.69) is 56.5 Å². The molecule has 0 radical (unpaired) electrons.